The summed E-state index contributed by atoms with van der Waals surface area (Å²) in [6.07, 6.45) is 3.38. The minimum absolute atomic E-state index is 0.262. The molecule has 0 N–H and O–H groups in total. The average Bonchev–Trinajstić information content (AvgIpc) is 2.79. The smallest absolute Gasteiger partial charge is 0.164 e. The Hall–Kier alpha value is -3.01. The largest absolute Gasteiger partial charge is 0.485 e. The summed E-state index contributed by atoms with van der Waals surface area (Å²) in [5.41, 5.74) is 2.69. The van der Waals surface area contributed by atoms with E-state index in [4.69, 9.17) is 9.47 Å². The molecule has 0 saturated carbocycles. The van der Waals surface area contributed by atoms with E-state index < -0.39 is 0 Å². The molecule has 1 aliphatic rings. The zero-order valence-electron chi connectivity index (χ0n) is 16.5. The molecule has 1 fully saturated rings. The van der Waals surface area contributed by atoms with Crippen molar-refractivity contribution in [2.45, 2.75) is 32.5 Å². The summed E-state index contributed by atoms with van der Waals surface area (Å²) in [6.45, 7) is 2.52. The highest BCUT2D eigenvalue weighted by molar-refractivity contribution is 5.58. The zero-order valence-corrected chi connectivity index (χ0v) is 16.5. The van der Waals surface area contributed by atoms with Gasteiger partial charge in [0.2, 0.25) is 0 Å². The molecule has 3 aromatic carbocycles. The molecule has 0 amide bonds. The lowest BCUT2D eigenvalue weighted by Gasteiger charge is -2.29. The van der Waals surface area contributed by atoms with Crippen LogP contribution in [0.15, 0.2) is 72.8 Å². The van der Waals surface area contributed by atoms with Crippen LogP contribution in [0.1, 0.15) is 30.4 Å². The van der Waals surface area contributed by atoms with Crippen molar-refractivity contribution >= 4 is 5.69 Å². The highest BCUT2D eigenvalue weighted by atomic mass is 19.1. The second kappa shape index (κ2) is 9.46. The summed E-state index contributed by atoms with van der Waals surface area (Å²) < 4.78 is 27.0. The lowest BCUT2D eigenvalue weighted by molar-refractivity contribution is 0.254. The Morgan fingerprint density at radius 3 is 1.76 bits per heavy atom. The maximum absolute atomic E-state index is 14.9. The van der Waals surface area contributed by atoms with Gasteiger partial charge in [0.25, 0.3) is 0 Å². The number of rotatable bonds is 7. The molecular weight excluding hydrogens is 365 g/mol. The van der Waals surface area contributed by atoms with E-state index in [1.807, 2.05) is 60.7 Å². The highest BCUT2D eigenvalue weighted by Gasteiger charge is 2.19. The normalized spacial score (nSPS) is 13.9. The summed E-state index contributed by atoms with van der Waals surface area (Å²) in [5.74, 6) is 0.747. The molecular formula is C25H26FNO2. The topological polar surface area (TPSA) is 21.7 Å². The monoisotopic (exact) mass is 391 g/mol. The molecule has 1 heterocycles. The van der Waals surface area contributed by atoms with Crippen LogP contribution in [-0.4, -0.2) is 13.1 Å². The fourth-order valence-electron chi connectivity index (χ4n) is 3.60. The van der Waals surface area contributed by atoms with Crippen molar-refractivity contribution in [3.8, 4) is 11.5 Å². The number of ether oxygens (including phenoxy) is 2. The van der Waals surface area contributed by atoms with Crippen LogP contribution in [0, 0.1) is 5.82 Å². The first-order valence-corrected chi connectivity index (χ1v) is 10.2. The minimum atomic E-state index is -0.262. The van der Waals surface area contributed by atoms with Gasteiger partial charge in [0, 0.05) is 25.2 Å². The van der Waals surface area contributed by atoms with Crippen LogP contribution in [0.2, 0.25) is 0 Å². The van der Waals surface area contributed by atoms with E-state index in [0.717, 1.165) is 37.1 Å². The predicted molar refractivity (Wildman–Crippen MR) is 114 cm³/mol. The van der Waals surface area contributed by atoms with Crippen LogP contribution in [-0.2, 0) is 13.2 Å². The Balaban J connectivity index is 1.57. The molecule has 0 aliphatic carbocycles. The Morgan fingerprint density at radius 1 is 0.690 bits per heavy atom. The van der Waals surface area contributed by atoms with Crippen LogP contribution in [0.25, 0.3) is 0 Å². The van der Waals surface area contributed by atoms with E-state index in [1.54, 1.807) is 6.07 Å². The van der Waals surface area contributed by atoms with E-state index in [2.05, 4.69) is 4.90 Å². The number of hydrogen-bond donors (Lipinski definition) is 0. The Bertz CT molecular complexity index is 909. The maximum Gasteiger partial charge on any atom is 0.164 e. The third kappa shape index (κ3) is 5.08. The van der Waals surface area contributed by atoms with Crippen LogP contribution >= 0.6 is 0 Å². The van der Waals surface area contributed by atoms with Crippen molar-refractivity contribution < 1.29 is 13.9 Å². The fraction of sp³-hybridized carbons (Fsp3) is 0.280. The number of nitrogens with zero attached hydrogens (tertiary/aromatic N) is 1. The summed E-state index contributed by atoms with van der Waals surface area (Å²) in [4.78, 5) is 2.11. The van der Waals surface area contributed by atoms with Gasteiger partial charge in [-0.05, 0) is 30.4 Å². The van der Waals surface area contributed by atoms with Gasteiger partial charge in [0.05, 0.1) is 5.69 Å². The molecule has 4 rings (SSSR count). The number of hydrogen-bond acceptors (Lipinski definition) is 3. The van der Waals surface area contributed by atoms with Crippen LogP contribution in [0.3, 0.4) is 0 Å². The molecule has 0 aromatic heterocycles. The predicted octanol–water partition coefficient (Wildman–Crippen LogP) is 5.97. The second-order valence-electron chi connectivity index (χ2n) is 7.35. The molecule has 0 bridgehead atoms. The van der Waals surface area contributed by atoms with Gasteiger partial charge in [-0.25, -0.2) is 4.39 Å². The molecule has 3 nitrogen and oxygen atoms in total. The first kappa shape index (κ1) is 19.3. The molecule has 0 spiro atoms. The van der Waals surface area contributed by atoms with E-state index in [1.165, 1.54) is 12.5 Å². The van der Waals surface area contributed by atoms with Gasteiger partial charge in [-0.2, -0.15) is 0 Å². The third-order valence-corrected chi connectivity index (χ3v) is 5.18. The quantitative estimate of drug-likeness (QED) is 0.495. The first-order valence-electron chi connectivity index (χ1n) is 10.2. The van der Waals surface area contributed by atoms with Crippen molar-refractivity contribution in [2.75, 3.05) is 18.0 Å². The van der Waals surface area contributed by atoms with Crippen molar-refractivity contribution in [3.05, 3.63) is 89.7 Å². The molecule has 0 radical (unpaired) electrons. The van der Waals surface area contributed by atoms with E-state index in [0.29, 0.717) is 30.4 Å². The second-order valence-corrected chi connectivity index (χ2v) is 7.35. The molecule has 0 atom stereocenters. The van der Waals surface area contributed by atoms with Crippen molar-refractivity contribution in [2.24, 2.45) is 0 Å². The molecule has 150 valence electrons. The van der Waals surface area contributed by atoms with Gasteiger partial charge < -0.3 is 14.4 Å². The van der Waals surface area contributed by atoms with E-state index >= 15 is 0 Å². The number of anilines is 1. The van der Waals surface area contributed by atoms with Gasteiger partial charge in [-0.3, -0.25) is 0 Å². The zero-order chi connectivity index (χ0) is 19.9. The molecule has 4 heteroatoms. The number of halogens is 1. The first-order chi connectivity index (χ1) is 14.3. The van der Waals surface area contributed by atoms with Crippen LogP contribution in [0.4, 0.5) is 10.1 Å². The Labute approximate surface area is 171 Å². The fourth-order valence-corrected chi connectivity index (χ4v) is 3.60. The summed E-state index contributed by atoms with van der Waals surface area (Å²) >= 11 is 0. The van der Waals surface area contributed by atoms with Crippen LogP contribution < -0.4 is 14.4 Å². The maximum atomic E-state index is 14.9. The molecule has 0 unspecified atom stereocenters. The summed E-state index contributed by atoms with van der Waals surface area (Å²) in [5, 5.41) is 0. The van der Waals surface area contributed by atoms with Crippen molar-refractivity contribution in [3.63, 3.8) is 0 Å². The van der Waals surface area contributed by atoms with Crippen LogP contribution in [0.5, 0.6) is 11.5 Å². The highest BCUT2D eigenvalue weighted by Crippen LogP contribution is 2.36. The van der Waals surface area contributed by atoms with Gasteiger partial charge in [-0.15, -0.1) is 0 Å². The van der Waals surface area contributed by atoms with Gasteiger partial charge in [0.15, 0.2) is 11.5 Å². The molecule has 1 saturated heterocycles. The Morgan fingerprint density at radius 2 is 1.21 bits per heavy atom. The lowest BCUT2D eigenvalue weighted by atomic mass is 10.1. The summed E-state index contributed by atoms with van der Waals surface area (Å²) in [6, 6.07) is 23.1. The van der Waals surface area contributed by atoms with E-state index in [9.17, 15) is 4.39 Å². The molecule has 29 heavy (non-hydrogen) atoms. The van der Waals surface area contributed by atoms with Crippen molar-refractivity contribution in [1.29, 1.82) is 0 Å². The number of piperidine rings is 1. The van der Waals surface area contributed by atoms with Crippen molar-refractivity contribution in [1.82, 2.24) is 0 Å². The third-order valence-electron chi connectivity index (χ3n) is 5.18. The summed E-state index contributed by atoms with van der Waals surface area (Å²) in [7, 11) is 0. The number of benzene rings is 3. The molecule has 1 aliphatic heterocycles. The SMILES string of the molecule is Fc1cc(OCc2ccccc2)c(OCc2ccccc2)cc1N1CCCCC1. The van der Waals surface area contributed by atoms with Gasteiger partial charge in [0.1, 0.15) is 19.0 Å². The van der Waals surface area contributed by atoms with E-state index in [-0.39, 0.29) is 5.82 Å². The van der Waals surface area contributed by atoms with Gasteiger partial charge in [-0.1, -0.05) is 60.7 Å². The lowest BCUT2D eigenvalue weighted by Crippen LogP contribution is -2.30. The standard InChI is InChI=1S/C25H26FNO2/c26-22-16-24(28-18-20-10-4-1-5-11-20)25(29-19-21-12-6-2-7-13-21)17-23(22)27-14-8-3-9-15-27/h1-2,4-7,10-13,16-17H,3,8-9,14-15,18-19H2. The average molecular weight is 391 g/mol. The minimum Gasteiger partial charge on any atom is -0.485 e. The molecule has 3 aromatic rings. The van der Waals surface area contributed by atoms with Gasteiger partial charge >= 0.3 is 0 Å². The Kier molecular flexibility index (Phi) is 6.30.